The van der Waals surface area contributed by atoms with Crippen LogP contribution < -0.4 is 10.6 Å². The molecule has 0 aromatic carbocycles. The summed E-state index contributed by atoms with van der Waals surface area (Å²) in [6, 6.07) is 0.173. The quantitative estimate of drug-likeness (QED) is 0.676. The lowest BCUT2D eigenvalue weighted by Gasteiger charge is -2.57. The van der Waals surface area contributed by atoms with Crippen LogP contribution in [-0.4, -0.2) is 43.0 Å². The Bertz CT molecular complexity index is 356. The normalized spacial score (nSPS) is 28.0. The third-order valence-electron chi connectivity index (χ3n) is 5.48. The zero-order valence-electron chi connectivity index (χ0n) is 14.1. The van der Waals surface area contributed by atoms with E-state index in [4.69, 9.17) is 9.84 Å². The fourth-order valence-electron chi connectivity index (χ4n) is 4.06. The van der Waals surface area contributed by atoms with Gasteiger partial charge in [-0.05, 0) is 38.5 Å². The van der Waals surface area contributed by atoms with Gasteiger partial charge >= 0.3 is 6.03 Å². The molecular weight excluding hydrogens is 280 g/mol. The van der Waals surface area contributed by atoms with Crippen LogP contribution in [0.1, 0.15) is 58.8 Å². The molecule has 0 aliphatic heterocycles. The Hall–Kier alpha value is -0.810. The van der Waals surface area contributed by atoms with Gasteiger partial charge in [0.15, 0.2) is 0 Å². The van der Waals surface area contributed by atoms with E-state index in [0.29, 0.717) is 18.6 Å². The number of hydrogen-bond acceptors (Lipinski definition) is 3. The number of nitrogens with one attached hydrogen (secondary N) is 2. The van der Waals surface area contributed by atoms with E-state index in [1.54, 1.807) is 0 Å². The fraction of sp³-hybridized carbons (Fsp3) is 0.941. The van der Waals surface area contributed by atoms with Crippen LogP contribution in [-0.2, 0) is 4.74 Å². The van der Waals surface area contributed by atoms with E-state index in [9.17, 15) is 4.79 Å². The van der Waals surface area contributed by atoms with Crippen LogP contribution in [0, 0.1) is 11.3 Å². The first-order valence-electron chi connectivity index (χ1n) is 8.89. The lowest BCUT2D eigenvalue weighted by Crippen LogP contribution is -2.66. The predicted molar refractivity (Wildman–Crippen MR) is 86.7 cm³/mol. The van der Waals surface area contributed by atoms with Gasteiger partial charge in [0, 0.05) is 31.2 Å². The molecule has 0 aromatic heterocycles. The van der Waals surface area contributed by atoms with E-state index >= 15 is 0 Å². The van der Waals surface area contributed by atoms with Crippen molar-refractivity contribution in [1.82, 2.24) is 10.6 Å². The van der Waals surface area contributed by atoms with Crippen molar-refractivity contribution >= 4 is 6.03 Å². The second kappa shape index (κ2) is 8.16. The Morgan fingerprint density at radius 1 is 1.36 bits per heavy atom. The minimum Gasteiger partial charge on any atom is -0.396 e. The average Bonchev–Trinajstić information content (AvgIpc) is 2.53. The summed E-state index contributed by atoms with van der Waals surface area (Å²) in [5.74, 6) is 0.303. The van der Waals surface area contributed by atoms with Crippen molar-refractivity contribution in [3.05, 3.63) is 0 Å². The van der Waals surface area contributed by atoms with Gasteiger partial charge in [-0.2, -0.15) is 0 Å². The molecule has 22 heavy (non-hydrogen) atoms. The lowest BCUT2D eigenvalue weighted by molar-refractivity contribution is -0.146. The summed E-state index contributed by atoms with van der Waals surface area (Å²) in [5.41, 5.74) is 0.169. The van der Waals surface area contributed by atoms with Crippen molar-refractivity contribution in [3.8, 4) is 0 Å². The molecule has 2 aliphatic rings. The van der Waals surface area contributed by atoms with Crippen molar-refractivity contribution in [2.24, 2.45) is 11.3 Å². The van der Waals surface area contributed by atoms with E-state index < -0.39 is 0 Å². The highest BCUT2D eigenvalue weighted by molar-refractivity contribution is 5.74. The molecule has 128 valence electrons. The largest absolute Gasteiger partial charge is 0.396 e. The van der Waals surface area contributed by atoms with E-state index in [1.807, 2.05) is 13.8 Å². The third-order valence-corrected chi connectivity index (χ3v) is 5.48. The monoisotopic (exact) mass is 312 g/mol. The number of urea groups is 1. The van der Waals surface area contributed by atoms with Crippen molar-refractivity contribution < 1.29 is 14.6 Å². The summed E-state index contributed by atoms with van der Waals surface area (Å²) in [6.07, 6.45) is 8.11. The predicted octanol–water partition coefficient (Wildman–Crippen LogP) is 2.43. The summed E-state index contributed by atoms with van der Waals surface area (Å²) in [7, 11) is 0. The molecule has 5 nitrogen and oxygen atoms in total. The second-order valence-corrected chi connectivity index (χ2v) is 7.00. The maximum atomic E-state index is 12.1. The highest BCUT2D eigenvalue weighted by Crippen LogP contribution is 2.53. The zero-order chi connectivity index (χ0) is 16.0. The minimum atomic E-state index is -0.0744. The third kappa shape index (κ3) is 3.93. The zero-order valence-corrected chi connectivity index (χ0v) is 14.1. The SMILES string of the molecule is CCOC1CC(NC(=O)NCC(C)CCO)C12CCCCC2. The van der Waals surface area contributed by atoms with Gasteiger partial charge in [0.2, 0.25) is 0 Å². The number of aliphatic hydroxyl groups is 1. The van der Waals surface area contributed by atoms with Gasteiger partial charge in [-0.3, -0.25) is 0 Å². The second-order valence-electron chi connectivity index (χ2n) is 7.00. The number of carbonyl (C=O) groups excluding carboxylic acids is 1. The minimum absolute atomic E-state index is 0.0744. The van der Waals surface area contributed by atoms with Crippen LogP contribution in [0.5, 0.6) is 0 Å². The van der Waals surface area contributed by atoms with Crippen molar-refractivity contribution in [2.45, 2.75) is 70.9 Å². The van der Waals surface area contributed by atoms with Gasteiger partial charge in [0.25, 0.3) is 0 Å². The topological polar surface area (TPSA) is 70.6 Å². The summed E-state index contributed by atoms with van der Waals surface area (Å²) in [6.45, 7) is 5.62. The van der Waals surface area contributed by atoms with E-state index in [-0.39, 0.29) is 24.1 Å². The molecule has 0 heterocycles. The first-order valence-corrected chi connectivity index (χ1v) is 8.89. The average molecular weight is 312 g/mol. The molecule has 3 N–H and O–H groups in total. The van der Waals surface area contributed by atoms with Gasteiger partial charge in [-0.15, -0.1) is 0 Å². The Kier molecular flexibility index (Phi) is 6.50. The maximum Gasteiger partial charge on any atom is 0.315 e. The molecule has 5 heteroatoms. The molecule has 2 fully saturated rings. The summed E-state index contributed by atoms with van der Waals surface area (Å²) >= 11 is 0. The van der Waals surface area contributed by atoms with Crippen molar-refractivity contribution in [1.29, 1.82) is 0 Å². The molecule has 2 rings (SSSR count). The van der Waals surface area contributed by atoms with Gasteiger partial charge in [-0.25, -0.2) is 4.79 Å². The lowest BCUT2D eigenvalue weighted by atomic mass is 9.55. The van der Waals surface area contributed by atoms with Crippen LogP contribution in [0.3, 0.4) is 0 Å². The van der Waals surface area contributed by atoms with E-state index in [2.05, 4.69) is 10.6 Å². The molecule has 0 radical (unpaired) electrons. The van der Waals surface area contributed by atoms with Gasteiger partial charge in [0.1, 0.15) is 0 Å². The maximum absolute atomic E-state index is 12.1. The van der Waals surface area contributed by atoms with Gasteiger partial charge in [0.05, 0.1) is 6.10 Å². The van der Waals surface area contributed by atoms with Gasteiger partial charge in [-0.1, -0.05) is 26.2 Å². The number of amides is 2. The Morgan fingerprint density at radius 2 is 2.09 bits per heavy atom. The summed E-state index contributed by atoms with van der Waals surface area (Å²) in [4.78, 5) is 12.1. The highest BCUT2D eigenvalue weighted by Gasteiger charge is 2.56. The molecule has 3 unspecified atom stereocenters. The van der Waals surface area contributed by atoms with Crippen molar-refractivity contribution in [2.75, 3.05) is 19.8 Å². The number of rotatable bonds is 7. The molecule has 2 saturated carbocycles. The van der Waals surface area contributed by atoms with Crippen LogP contribution in [0.2, 0.25) is 0 Å². The van der Waals surface area contributed by atoms with Crippen molar-refractivity contribution in [3.63, 3.8) is 0 Å². The standard InChI is InChI=1S/C17H32N2O3/c1-3-22-15-11-14(17(15)8-5-4-6-9-17)19-16(21)18-12-13(2)7-10-20/h13-15,20H,3-12H2,1-2H3,(H2,18,19,21). The van der Waals surface area contributed by atoms with E-state index in [0.717, 1.165) is 19.4 Å². The number of ether oxygens (including phenoxy) is 1. The summed E-state index contributed by atoms with van der Waals surface area (Å²) < 4.78 is 5.91. The summed E-state index contributed by atoms with van der Waals surface area (Å²) in [5, 5.41) is 15.0. The van der Waals surface area contributed by atoms with Crippen LogP contribution in [0.4, 0.5) is 4.79 Å². The molecular formula is C17H32N2O3. The highest BCUT2D eigenvalue weighted by atomic mass is 16.5. The molecule has 1 spiro atoms. The molecule has 0 bridgehead atoms. The van der Waals surface area contributed by atoms with E-state index in [1.165, 1.54) is 32.1 Å². The Labute approximate surface area is 134 Å². The van der Waals surface area contributed by atoms with Crippen LogP contribution in [0.25, 0.3) is 0 Å². The molecule has 2 aliphatic carbocycles. The van der Waals surface area contributed by atoms with Gasteiger partial charge < -0.3 is 20.5 Å². The van der Waals surface area contributed by atoms with Crippen LogP contribution in [0.15, 0.2) is 0 Å². The molecule has 2 amide bonds. The Morgan fingerprint density at radius 3 is 2.73 bits per heavy atom. The molecule has 0 aromatic rings. The molecule has 3 atom stereocenters. The number of hydrogen-bond donors (Lipinski definition) is 3. The first kappa shape index (κ1) is 17.5. The fourth-order valence-corrected chi connectivity index (χ4v) is 4.06. The Balaban J connectivity index is 1.82. The molecule has 0 saturated heterocycles. The number of aliphatic hydroxyl groups excluding tert-OH is 1. The smallest absolute Gasteiger partial charge is 0.315 e. The van der Waals surface area contributed by atoms with Crippen LogP contribution >= 0.6 is 0 Å². The number of carbonyl (C=O) groups is 1. The first-order chi connectivity index (χ1) is 10.6.